The molecule has 2 heterocycles. The van der Waals surface area contributed by atoms with E-state index in [1.54, 1.807) is 0 Å². The number of aromatic amines is 1. The fourth-order valence-corrected chi connectivity index (χ4v) is 0.794. The summed E-state index contributed by atoms with van der Waals surface area (Å²) in [4.78, 5) is 10.4. The number of carboxylic acids is 1. The van der Waals surface area contributed by atoms with Gasteiger partial charge in [0.25, 0.3) is 5.89 Å². The first-order valence-corrected chi connectivity index (χ1v) is 3.33. The van der Waals surface area contributed by atoms with E-state index in [1.165, 1.54) is 12.4 Å². The second-order valence-electron chi connectivity index (χ2n) is 2.20. The van der Waals surface area contributed by atoms with Crippen LogP contribution in [0, 0.1) is 0 Å². The monoisotopic (exact) mass is 180 g/mol. The Hall–Kier alpha value is -2.18. The molecular formula is C6H4N4O3. The normalized spacial score (nSPS) is 10.2. The fraction of sp³-hybridized carbons (Fsp3) is 0. The number of H-pyrrole nitrogens is 1. The van der Waals surface area contributed by atoms with Crippen LogP contribution in [0.25, 0.3) is 11.5 Å². The summed E-state index contributed by atoms with van der Waals surface area (Å²) in [6, 6.07) is 0. The third-order valence-electron chi connectivity index (χ3n) is 1.35. The first-order valence-electron chi connectivity index (χ1n) is 3.33. The van der Waals surface area contributed by atoms with Gasteiger partial charge in [0.2, 0.25) is 0 Å². The van der Waals surface area contributed by atoms with Crippen LogP contribution in [0.1, 0.15) is 10.7 Å². The molecule has 7 nitrogen and oxygen atoms in total. The molecule has 0 saturated carbocycles. The van der Waals surface area contributed by atoms with Gasteiger partial charge in [-0.1, -0.05) is 0 Å². The smallest absolute Gasteiger partial charge is 0.393 e. The molecule has 0 aliphatic heterocycles. The molecule has 0 amide bonds. The van der Waals surface area contributed by atoms with Crippen LogP contribution in [-0.2, 0) is 0 Å². The highest BCUT2D eigenvalue weighted by atomic mass is 16.4. The van der Waals surface area contributed by atoms with Crippen molar-refractivity contribution in [1.82, 2.24) is 20.4 Å². The molecule has 0 aliphatic carbocycles. The van der Waals surface area contributed by atoms with Gasteiger partial charge in [-0.25, -0.2) is 4.79 Å². The third kappa shape index (κ3) is 1.26. The van der Waals surface area contributed by atoms with Gasteiger partial charge in [0.05, 0.1) is 11.8 Å². The summed E-state index contributed by atoms with van der Waals surface area (Å²) in [5.74, 6) is -1.55. The number of carbonyl (C=O) groups is 1. The first-order chi connectivity index (χ1) is 6.27. The summed E-state index contributed by atoms with van der Waals surface area (Å²) in [6.45, 7) is 0. The Balaban J connectivity index is 2.39. The molecule has 0 atom stereocenters. The molecule has 0 aliphatic rings. The van der Waals surface area contributed by atoms with Gasteiger partial charge in [-0.2, -0.15) is 5.10 Å². The zero-order valence-electron chi connectivity index (χ0n) is 6.26. The predicted octanol–water partition coefficient (Wildman–Crippen LogP) is 0.158. The van der Waals surface area contributed by atoms with Crippen molar-refractivity contribution in [3.05, 3.63) is 18.3 Å². The molecule has 7 heteroatoms. The molecule has 0 spiro atoms. The average molecular weight is 180 g/mol. The lowest BCUT2D eigenvalue weighted by atomic mass is 10.4. The van der Waals surface area contributed by atoms with Crippen molar-refractivity contribution in [2.45, 2.75) is 0 Å². The van der Waals surface area contributed by atoms with Crippen LogP contribution in [0.2, 0.25) is 0 Å². The van der Waals surface area contributed by atoms with Gasteiger partial charge in [0.1, 0.15) is 0 Å². The van der Waals surface area contributed by atoms with Crippen molar-refractivity contribution in [2.24, 2.45) is 0 Å². The maximum atomic E-state index is 10.4. The van der Waals surface area contributed by atoms with E-state index in [4.69, 9.17) is 9.52 Å². The highest BCUT2D eigenvalue weighted by Crippen LogP contribution is 2.14. The summed E-state index contributed by atoms with van der Waals surface area (Å²) >= 11 is 0. The number of carboxylic acid groups (broad SMARTS) is 1. The van der Waals surface area contributed by atoms with E-state index < -0.39 is 11.9 Å². The SMILES string of the molecule is O=C(O)c1nnc(-c2cn[nH]c2)o1. The van der Waals surface area contributed by atoms with Gasteiger partial charge >= 0.3 is 11.9 Å². The van der Waals surface area contributed by atoms with Gasteiger partial charge in [-0.15, -0.1) is 10.2 Å². The molecular weight excluding hydrogens is 176 g/mol. The topological polar surface area (TPSA) is 105 Å². The second-order valence-corrected chi connectivity index (χ2v) is 2.20. The van der Waals surface area contributed by atoms with E-state index >= 15 is 0 Å². The summed E-state index contributed by atoms with van der Waals surface area (Å²) in [5.41, 5.74) is 0.556. The van der Waals surface area contributed by atoms with E-state index in [1.807, 2.05) is 0 Å². The number of hydrogen-bond donors (Lipinski definition) is 2. The molecule has 2 aromatic rings. The van der Waals surface area contributed by atoms with Gasteiger partial charge in [0.15, 0.2) is 0 Å². The molecule has 2 aromatic heterocycles. The zero-order chi connectivity index (χ0) is 9.26. The molecule has 2 rings (SSSR count). The molecule has 2 N–H and O–H groups in total. The van der Waals surface area contributed by atoms with Crippen LogP contribution in [-0.4, -0.2) is 31.5 Å². The molecule has 0 unspecified atom stereocenters. The number of aromatic carboxylic acids is 1. The Kier molecular flexibility index (Phi) is 1.55. The number of rotatable bonds is 2. The maximum Gasteiger partial charge on any atom is 0.393 e. The van der Waals surface area contributed by atoms with E-state index in [0.717, 1.165) is 0 Å². The third-order valence-corrected chi connectivity index (χ3v) is 1.35. The zero-order valence-corrected chi connectivity index (χ0v) is 6.26. The van der Waals surface area contributed by atoms with Crippen LogP contribution in [0.3, 0.4) is 0 Å². The number of nitrogens with zero attached hydrogens (tertiary/aromatic N) is 3. The standard InChI is InChI=1S/C6H4N4O3/c11-6(12)5-10-9-4(13-5)3-1-7-8-2-3/h1-2H,(H,7,8)(H,11,12). The Morgan fingerprint density at radius 3 is 2.92 bits per heavy atom. The minimum atomic E-state index is -1.25. The van der Waals surface area contributed by atoms with Crippen LogP contribution in [0.5, 0.6) is 0 Å². The molecule has 0 fully saturated rings. The van der Waals surface area contributed by atoms with Crippen molar-refractivity contribution in [1.29, 1.82) is 0 Å². The summed E-state index contributed by atoms with van der Waals surface area (Å²) < 4.78 is 4.81. The Bertz CT molecular complexity index is 419. The quantitative estimate of drug-likeness (QED) is 0.681. The van der Waals surface area contributed by atoms with E-state index in [-0.39, 0.29) is 5.89 Å². The molecule has 66 valence electrons. The lowest BCUT2D eigenvalue weighted by Crippen LogP contribution is -1.95. The Morgan fingerprint density at radius 2 is 2.38 bits per heavy atom. The number of hydrogen-bond acceptors (Lipinski definition) is 5. The molecule has 13 heavy (non-hydrogen) atoms. The van der Waals surface area contributed by atoms with Crippen molar-refractivity contribution >= 4 is 5.97 Å². The van der Waals surface area contributed by atoms with Crippen molar-refractivity contribution < 1.29 is 14.3 Å². The summed E-state index contributed by atoms with van der Waals surface area (Å²) in [5, 5.41) is 21.5. The van der Waals surface area contributed by atoms with Gasteiger partial charge in [-0.3, -0.25) is 5.10 Å². The van der Waals surface area contributed by atoms with Crippen LogP contribution < -0.4 is 0 Å². The lowest BCUT2D eigenvalue weighted by Gasteiger charge is -1.83. The Morgan fingerprint density at radius 1 is 1.54 bits per heavy atom. The van der Waals surface area contributed by atoms with Crippen LogP contribution >= 0.6 is 0 Å². The van der Waals surface area contributed by atoms with Crippen LogP contribution in [0.15, 0.2) is 16.8 Å². The molecule has 0 saturated heterocycles. The number of nitrogens with one attached hydrogen (secondary N) is 1. The largest absolute Gasteiger partial charge is 0.474 e. The molecule has 0 aromatic carbocycles. The van der Waals surface area contributed by atoms with Crippen LogP contribution in [0.4, 0.5) is 0 Å². The first kappa shape index (κ1) is 7.47. The fourth-order valence-electron chi connectivity index (χ4n) is 0.794. The van der Waals surface area contributed by atoms with E-state index in [0.29, 0.717) is 5.56 Å². The lowest BCUT2D eigenvalue weighted by molar-refractivity contribution is 0.0654. The minimum absolute atomic E-state index is 0.131. The van der Waals surface area contributed by atoms with Crippen molar-refractivity contribution in [3.8, 4) is 11.5 Å². The molecule has 0 radical (unpaired) electrons. The summed E-state index contributed by atoms with van der Waals surface area (Å²) in [6.07, 6.45) is 2.98. The van der Waals surface area contributed by atoms with Crippen molar-refractivity contribution in [2.75, 3.05) is 0 Å². The van der Waals surface area contributed by atoms with E-state index in [2.05, 4.69) is 20.4 Å². The Labute approximate surface area is 71.4 Å². The van der Waals surface area contributed by atoms with Crippen molar-refractivity contribution in [3.63, 3.8) is 0 Å². The number of aromatic nitrogens is 4. The second kappa shape index (κ2) is 2.70. The van der Waals surface area contributed by atoms with Gasteiger partial charge in [-0.05, 0) is 0 Å². The minimum Gasteiger partial charge on any atom is -0.474 e. The maximum absolute atomic E-state index is 10.4. The summed E-state index contributed by atoms with van der Waals surface area (Å²) in [7, 11) is 0. The highest BCUT2D eigenvalue weighted by Gasteiger charge is 2.14. The average Bonchev–Trinajstić information content (AvgIpc) is 2.75. The molecule has 0 bridgehead atoms. The van der Waals surface area contributed by atoms with Gasteiger partial charge in [0, 0.05) is 6.20 Å². The highest BCUT2D eigenvalue weighted by molar-refractivity contribution is 5.82. The predicted molar refractivity (Wildman–Crippen MR) is 38.8 cm³/mol. The van der Waals surface area contributed by atoms with E-state index in [9.17, 15) is 4.79 Å². The van der Waals surface area contributed by atoms with Gasteiger partial charge < -0.3 is 9.52 Å².